The van der Waals surface area contributed by atoms with Gasteiger partial charge in [0, 0.05) is 13.0 Å². The number of rotatable bonds is 40. The van der Waals surface area contributed by atoms with Crippen LogP contribution in [0.25, 0.3) is 0 Å². The summed E-state index contributed by atoms with van der Waals surface area (Å²) < 4.78 is 22.0. The van der Waals surface area contributed by atoms with Crippen molar-refractivity contribution in [2.75, 3.05) is 19.8 Å². The maximum absolute atomic E-state index is 12.7. The van der Waals surface area contributed by atoms with E-state index >= 15 is 0 Å². The van der Waals surface area contributed by atoms with Gasteiger partial charge >= 0.3 is 7.82 Å². The van der Waals surface area contributed by atoms with Gasteiger partial charge in [0.25, 0.3) is 0 Å². The van der Waals surface area contributed by atoms with Crippen molar-refractivity contribution in [3.63, 3.8) is 0 Å². The van der Waals surface area contributed by atoms with E-state index in [0.717, 1.165) is 38.5 Å². The lowest BCUT2D eigenvalue weighted by atomic mass is 10.0. The van der Waals surface area contributed by atoms with Crippen molar-refractivity contribution in [1.29, 1.82) is 0 Å². The van der Waals surface area contributed by atoms with Gasteiger partial charge in [0.2, 0.25) is 5.91 Å². The molecule has 3 unspecified atom stereocenters. The number of carbonyl (C=O) groups excluding carboxylic acids is 1. The number of hydrogen-bond donors (Lipinski definition) is 4. The molecule has 0 radical (unpaired) electrons. The zero-order chi connectivity index (χ0) is 36.8. The van der Waals surface area contributed by atoms with Gasteiger partial charge in [0.1, 0.15) is 0 Å². The Bertz CT molecular complexity index is 799. The standard InChI is InChI=1S/C41H83N2O6P/c1-3-5-7-9-11-13-15-16-17-18-19-20-21-22-23-24-25-27-29-31-33-35-41(45)43-39(38-49-50(46,47)48-37-36-42)40(44)34-32-30-28-26-14-12-10-8-6-4-2/h32,34,39-40,44H,3-31,33,35-38,42H2,1-2H3,(H,43,45)(H,46,47)/b34-32+. The second kappa shape index (κ2) is 38.0. The molecule has 0 rings (SSSR count). The summed E-state index contributed by atoms with van der Waals surface area (Å²) in [5.74, 6) is -0.192. The molecule has 8 nitrogen and oxygen atoms in total. The highest BCUT2D eigenvalue weighted by molar-refractivity contribution is 7.47. The number of phosphoric ester groups is 1. The normalized spacial score (nSPS) is 14.3. The van der Waals surface area contributed by atoms with E-state index in [0.29, 0.717) is 6.42 Å². The number of amides is 1. The number of hydrogen-bond acceptors (Lipinski definition) is 6. The minimum absolute atomic E-state index is 0.0810. The molecule has 0 spiro atoms. The fraction of sp³-hybridized carbons (Fsp3) is 0.927. The van der Waals surface area contributed by atoms with Gasteiger partial charge in [-0.1, -0.05) is 199 Å². The monoisotopic (exact) mass is 731 g/mol. The van der Waals surface area contributed by atoms with E-state index in [1.807, 2.05) is 6.08 Å². The van der Waals surface area contributed by atoms with Crippen molar-refractivity contribution in [2.45, 2.75) is 225 Å². The van der Waals surface area contributed by atoms with Crippen molar-refractivity contribution in [3.8, 4) is 0 Å². The minimum Gasteiger partial charge on any atom is -0.387 e. The molecule has 0 fully saturated rings. The maximum Gasteiger partial charge on any atom is 0.472 e. The summed E-state index contributed by atoms with van der Waals surface area (Å²) in [5.41, 5.74) is 5.36. The van der Waals surface area contributed by atoms with Crippen LogP contribution in [0.1, 0.15) is 213 Å². The highest BCUT2D eigenvalue weighted by Crippen LogP contribution is 2.43. The minimum atomic E-state index is -4.33. The van der Waals surface area contributed by atoms with Crippen molar-refractivity contribution in [2.24, 2.45) is 5.73 Å². The van der Waals surface area contributed by atoms with Crippen LogP contribution < -0.4 is 11.1 Å². The molecule has 3 atom stereocenters. The Morgan fingerprint density at radius 3 is 1.42 bits per heavy atom. The van der Waals surface area contributed by atoms with Crippen LogP contribution in [0.3, 0.4) is 0 Å². The van der Waals surface area contributed by atoms with Crippen molar-refractivity contribution >= 4 is 13.7 Å². The molecule has 0 heterocycles. The molecule has 5 N–H and O–H groups in total. The summed E-state index contributed by atoms with van der Waals surface area (Å²) in [6, 6.07) is -0.853. The maximum atomic E-state index is 12.7. The van der Waals surface area contributed by atoms with Crippen molar-refractivity contribution in [3.05, 3.63) is 12.2 Å². The van der Waals surface area contributed by atoms with Crippen LogP contribution in [0.15, 0.2) is 12.2 Å². The molecule has 0 aliphatic carbocycles. The Labute approximate surface area is 309 Å². The number of carbonyl (C=O) groups is 1. The fourth-order valence-electron chi connectivity index (χ4n) is 6.37. The molecular weight excluding hydrogens is 647 g/mol. The number of aliphatic hydroxyl groups is 1. The predicted molar refractivity (Wildman–Crippen MR) is 212 cm³/mol. The first-order valence-corrected chi connectivity index (χ1v) is 22.8. The van der Waals surface area contributed by atoms with Crippen LogP contribution >= 0.6 is 7.82 Å². The zero-order valence-corrected chi connectivity index (χ0v) is 33.8. The van der Waals surface area contributed by atoms with Crippen LogP contribution in [-0.2, 0) is 18.4 Å². The van der Waals surface area contributed by atoms with Crippen molar-refractivity contribution < 1.29 is 28.4 Å². The van der Waals surface area contributed by atoms with Gasteiger partial charge in [0.15, 0.2) is 0 Å². The van der Waals surface area contributed by atoms with E-state index in [9.17, 15) is 19.4 Å². The lowest BCUT2D eigenvalue weighted by molar-refractivity contribution is -0.123. The average molecular weight is 731 g/mol. The molecule has 0 aromatic rings. The Kier molecular flexibility index (Phi) is 37.4. The highest BCUT2D eigenvalue weighted by atomic mass is 31.2. The van der Waals surface area contributed by atoms with Crippen LogP contribution in [0.4, 0.5) is 0 Å². The van der Waals surface area contributed by atoms with Crippen LogP contribution in [0.5, 0.6) is 0 Å². The average Bonchev–Trinajstić information content (AvgIpc) is 3.10. The van der Waals surface area contributed by atoms with E-state index in [4.69, 9.17) is 14.8 Å². The molecule has 0 saturated heterocycles. The third-order valence-electron chi connectivity index (χ3n) is 9.61. The summed E-state index contributed by atoms with van der Waals surface area (Å²) in [6.45, 7) is 4.13. The molecule has 9 heteroatoms. The van der Waals surface area contributed by atoms with Gasteiger partial charge in [-0.3, -0.25) is 13.8 Å². The van der Waals surface area contributed by atoms with E-state index in [-0.39, 0.29) is 25.7 Å². The highest BCUT2D eigenvalue weighted by Gasteiger charge is 2.26. The molecule has 0 aromatic carbocycles. The van der Waals surface area contributed by atoms with E-state index < -0.39 is 20.0 Å². The molecule has 0 aliphatic heterocycles. The lowest BCUT2D eigenvalue weighted by Crippen LogP contribution is -2.45. The number of aliphatic hydroxyl groups excluding tert-OH is 1. The lowest BCUT2D eigenvalue weighted by Gasteiger charge is -2.23. The molecule has 0 aromatic heterocycles. The Morgan fingerprint density at radius 2 is 1.02 bits per heavy atom. The Morgan fingerprint density at radius 1 is 0.640 bits per heavy atom. The predicted octanol–water partition coefficient (Wildman–Crippen LogP) is 11.6. The molecule has 50 heavy (non-hydrogen) atoms. The third-order valence-corrected chi connectivity index (χ3v) is 10.6. The Hall–Kier alpha value is -0.760. The summed E-state index contributed by atoms with van der Waals surface area (Å²) in [5, 5.41) is 13.6. The summed E-state index contributed by atoms with van der Waals surface area (Å²) >= 11 is 0. The smallest absolute Gasteiger partial charge is 0.387 e. The van der Waals surface area contributed by atoms with Gasteiger partial charge in [-0.05, 0) is 19.3 Å². The first kappa shape index (κ1) is 49.2. The second-order valence-corrected chi connectivity index (χ2v) is 16.0. The first-order valence-electron chi connectivity index (χ1n) is 21.3. The summed E-state index contributed by atoms with van der Waals surface area (Å²) in [6.07, 6.45) is 41.3. The van der Waals surface area contributed by atoms with Crippen LogP contribution in [-0.4, -0.2) is 47.8 Å². The molecule has 0 bridgehead atoms. The fourth-order valence-corrected chi connectivity index (χ4v) is 7.13. The van der Waals surface area contributed by atoms with E-state index in [1.54, 1.807) is 6.08 Å². The van der Waals surface area contributed by atoms with Gasteiger partial charge in [-0.2, -0.15) is 0 Å². The molecular formula is C41H83N2O6P. The number of allylic oxidation sites excluding steroid dienone is 1. The number of nitrogens with two attached hydrogens (primary N) is 1. The largest absolute Gasteiger partial charge is 0.472 e. The van der Waals surface area contributed by atoms with E-state index in [2.05, 4.69) is 19.2 Å². The van der Waals surface area contributed by atoms with E-state index in [1.165, 1.54) is 154 Å². The van der Waals surface area contributed by atoms with Crippen molar-refractivity contribution in [1.82, 2.24) is 5.32 Å². The summed E-state index contributed by atoms with van der Waals surface area (Å²) in [4.78, 5) is 22.6. The topological polar surface area (TPSA) is 131 Å². The molecule has 0 aliphatic rings. The van der Waals surface area contributed by atoms with Gasteiger partial charge in [-0.25, -0.2) is 4.57 Å². The SMILES string of the molecule is CCCCCCCCCC/C=C/C(O)C(COP(=O)(O)OCCN)NC(=O)CCCCCCCCCCCCCCCCCCCCCCC. The van der Waals surface area contributed by atoms with Gasteiger partial charge in [0.05, 0.1) is 25.4 Å². The molecule has 1 amide bonds. The van der Waals surface area contributed by atoms with Crippen LogP contribution in [0.2, 0.25) is 0 Å². The number of unbranched alkanes of at least 4 members (excludes halogenated alkanes) is 28. The first-order chi connectivity index (χ1) is 24.4. The Balaban J connectivity index is 4.06. The molecule has 0 saturated carbocycles. The quantitative estimate of drug-likeness (QED) is 0.0280. The number of phosphoric acid groups is 1. The zero-order valence-electron chi connectivity index (χ0n) is 32.9. The van der Waals surface area contributed by atoms with Crippen LogP contribution in [0, 0.1) is 0 Å². The number of nitrogens with one attached hydrogen (secondary N) is 1. The molecule has 298 valence electrons. The second-order valence-electron chi connectivity index (χ2n) is 14.6. The van der Waals surface area contributed by atoms with Gasteiger partial charge in [-0.15, -0.1) is 0 Å². The summed E-state index contributed by atoms with van der Waals surface area (Å²) in [7, 11) is -4.33. The third kappa shape index (κ3) is 35.6. The van der Waals surface area contributed by atoms with Gasteiger partial charge < -0.3 is 21.1 Å².